The summed E-state index contributed by atoms with van der Waals surface area (Å²) >= 11 is 0. The number of amides is 3. The highest BCUT2D eigenvalue weighted by molar-refractivity contribution is 7.91. The zero-order valence-electron chi connectivity index (χ0n) is 19.1. The Morgan fingerprint density at radius 3 is 2.55 bits per heavy atom. The van der Waals surface area contributed by atoms with Crippen LogP contribution in [0.5, 0.6) is 5.75 Å². The van der Waals surface area contributed by atoms with Crippen molar-refractivity contribution in [3.05, 3.63) is 41.7 Å². The molecule has 2 aliphatic carbocycles. The quantitative estimate of drug-likeness (QED) is 0.389. The molecule has 3 amide bonds. The van der Waals surface area contributed by atoms with Gasteiger partial charge in [0.1, 0.15) is 5.54 Å². The molecule has 1 saturated heterocycles. The van der Waals surface area contributed by atoms with Crippen LogP contribution in [0.1, 0.15) is 51.5 Å². The van der Waals surface area contributed by atoms with E-state index in [9.17, 15) is 22.4 Å². The van der Waals surface area contributed by atoms with E-state index in [1.54, 1.807) is 38.1 Å². The van der Waals surface area contributed by atoms with Crippen LogP contribution in [0.3, 0.4) is 0 Å². The number of imide groups is 1. The first-order valence-corrected chi connectivity index (χ1v) is 13.3. The van der Waals surface area contributed by atoms with Crippen LogP contribution in [-0.4, -0.2) is 55.5 Å². The Morgan fingerprint density at radius 1 is 1.21 bits per heavy atom. The average molecular weight is 479 g/mol. The van der Waals surface area contributed by atoms with E-state index in [4.69, 9.17) is 4.74 Å². The first-order chi connectivity index (χ1) is 15.5. The molecule has 180 valence electrons. The summed E-state index contributed by atoms with van der Waals surface area (Å²) in [4.78, 5) is 25.1. The van der Waals surface area contributed by atoms with E-state index >= 15 is 0 Å². The Labute approximate surface area is 194 Å². The number of benzene rings is 1. The van der Waals surface area contributed by atoms with Gasteiger partial charge in [-0.25, -0.2) is 17.6 Å². The highest BCUT2D eigenvalue weighted by Crippen LogP contribution is 2.50. The van der Waals surface area contributed by atoms with Gasteiger partial charge in [-0.3, -0.25) is 10.1 Å². The van der Waals surface area contributed by atoms with E-state index in [1.807, 2.05) is 0 Å². The van der Waals surface area contributed by atoms with Gasteiger partial charge in [-0.05, 0) is 69.6 Å². The fourth-order valence-corrected chi connectivity index (χ4v) is 6.08. The normalized spacial score (nSPS) is 21.5. The highest BCUT2D eigenvalue weighted by atomic mass is 32.2. The number of halogens is 1. The maximum atomic E-state index is 14.1. The lowest BCUT2D eigenvalue weighted by Gasteiger charge is -2.26. The van der Waals surface area contributed by atoms with Crippen LogP contribution >= 0.6 is 0 Å². The first kappa shape index (κ1) is 23.7. The third-order valence-electron chi connectivity index (χ3n) is 6.81. The molecular weight excluding hydrogens is 447 g/mol. The Morgan fingerprint density at radius 2 is 1.94 bits per heavy atom. The molecular formula is C24H31FN2O5S. The Bertz CT molecular complexity index is 1070. The SMILES string of the molecule is CC1(C)C(=O)NC(=O)N1C/C=C/CCS(=O)(=O)CC1(c2ccc(F)c(OCC3CC3)c2)CC1. The second kappa shape index (κ2) is 8.74. The van der Waals surface area contributed by atoms with Gasteiger partial charge in [0.2, 0.25) is 0 Å². The monoisotopic (exact) mass is 478 g/mol. The van der Waals surface area contributed by atoms with Crippen molar-refractivity contribution >= 4 is 21.8 Å². The summed E-state index contributed by atoms with van der Waals surface area (Å²) in [7, 11) is -3.34. The van der Waals surface area contributed by atoms with Crippen LogP contribution in [0.2, 0.25) is 0 Å². The summed E-state index contributed by atoms with van der Waals surface area (Å²) in [6.07, 6.45) is 7.49. The van der Waals surface area contributed by atoms with Crippen molar-refractivity contribution in [2.75, 3.05) is 24.7 Å². The van der Waals surface area contributed by atoms with E-state index in [1.165, 1.54) is 11.0 Å². The molecule has 9 heteroatoms. The molecule has 1 aliphatic heterocycles. The lowest BCUT2D eigenvalue weighted by Crippen LogP contribution is -2.44. The molecule has 1 heterocycles. The van der Waals surface area contributed by atoms with Crippen LogP contribution in [-0.2, 0) is 20.0 Å². The Hall–Kier alpha value is -2.42. The van der Waals surface area contributed by atoms with Crippen LogP contribution in [0.25, 0.3) is 0 Å². The van der Waals surface area contributed by atoms with E-state index in [2.05, 4.69) is 5.32 Å². The summed E-state index contributed by atoms with van der Waals surface area (Å²) in [6.45, 7) is 4.06. The number of nitrogens with zero attached hydrogens (tertiary/aromatic N) is 1. The topological polar surface area (TPSA) is 92.8 Å². The van der Waals surface area contributed by atoms with Crippen LogP contribution < -0.4 is 10.1 Å². The average Bonchev–Trinajstić information content (AvgIpc) is 3.65. The van der Waals surface area contributed by atoms with Crippen LogP contribution in [0, 0.1) is 11.7 Å². The first-order valence-electron chi connectivity index (χ1n) is 11.4. The fourth-order valence-electron chi connectivity index (χ4n) is 4.15. The summed E-state index contributed by atoms with van der Waals surface area (Å²) in [6, 6.07) is 4.27. The highest BCUT2D eigenvalue weighted by Gasteiger charge is 2.48. The number of nitrogens with one attached hydrogen (secondary N) is 1. The number of rotatable bonds is 11. The molecule has 1 N–H and O–H groups in total. The van der Waals surface area contributed by atoms with Crippen molar-refractivity contribution in [1.82, 2.24) is 10.2 Å². The molecule has 1 aromatic rings. The van der Waals surface area contributed by atoms with Crippen molar-refractivity contribution in [2.45, 2.75) is 56.9 Å². The lowest BCUT2D eigenvalue weighted by molar-refractivity contribution is -0.124. The molecule has 2 saturated carbocycles. The van der Waals surface area contributed by atoms with Crippen molar-refractivity contribution in [3.63, 3.8) is 0 Å². The van der Waals surface area contributed by atoms with Crippen molar-refractivity contribution < 1.29 is 27.1 Å². The number of hydrogen-bond donors (Lipinski definition) is 1. The van der Waals surface area contributed by atoms with Gasteiger partial charge >= 0.3 is 6.03 Å². The number of carbonyl (C=O) groups is 2. The van der Waals surface area contributed by atoms with Gasteiger partial charge in [-0.1, -0.05) is 18.2 Å². The van der Waals surface area contributed by atoms with Crippen LogP contribution in [0.15, 0.2) is 30.4 Å². The molecule has 7 nitrogen and oxygen atoms in total. The third-order valence-corrected chi connectivity index (χ3v) is 8.66. The Kier molecular flexibility index (Phi) is 6.28. The third kappa shape index (κ3) is 5.39. The summed E-state index contributed by atoms with van der Waals surface area (Å²) in [5.74, 6) is -0.0372. The van der Waals surface area contributed by atoms with Crippen molar-refractivity contribution in [1.29, 1.82) is 0 Å². The summed E-state index contributed by atoms with van der Waals surface area (Å²) in [5, 5.41) is 2.28. The Balaban J connectivity index is 1.31. The molecule has 4 rings (SSSR count). The number of hydrogen-bond acceptors (Lipinski definition) is 5. The van der Waals surface area contributed by atoms with Gasteiger partial charge in [0.05, 0.1) is 18.1 Å². The van der Waals surface area contributed by atoms with Crippen LogP contribution in [0.4, 0.5) is 9.18 Å². The second-order valence-electron chi connectivity index (χ2n) is 9.96. The van der Waals surface area contributed by atoms with Gasteiger partial charge < -0.3 is 9.64 Å². The molecule has 1 aromatic carbocycles. The number of sulfone groups is 1. The zero-order valence-corrected chi connectivity index (χ0v) is 19.9. The largest absolute Gasteiger partial charge is 0.490 e. The number of ether oxygens (including phenoxy) is 1. The second-order valence-corrected chi connectivity index (χ2v) is 12.1. The van der Waals surface area contributed by atoms with Gasteiger partial charge in [-0.2, -0.15) is 0 Å². The maximum Gasteiger partial charge on any atom is 0.325 e. The molecule has 0 unspecified atom stereocenters. The molecule has 3 fully saturated rings. The predicted octanol–water partition coefficient (Wildman–Crippen LogP) is 3.34. The molecule has 0 atom stereocenters. The van der Waals surface area contributed by atoms with Crippen molar-refractivity contribution in [3.8, 4) is 5.75 Å². The molecule has 0 spiro atoms. The van der Waals surface area contributed by atoms with Gasteiger partial charge in [0.25, 0.3) is 5.91 Å². The summed E-state index contributed by atoms with van der Waals surface area (Å²) in [5.41, 5.74) is -0.574. The van der Waals surface area contributed by atoms with Crippen molar-refractivity contribution in [2.24, 2.45) is 5.92 Å². The minimum Gasteiger partial charge on any atom is -0.490 e. The number of allylic oxidation sites excluding steroid dienone is 1. The van der Waals surface area contributed by atoms with E-state index < -0.39 is 32.6 Å². The lowest BCUT2D eigenvalue weighted by atomic mass is 9.98. The zero-order chi connectivity index (χ0) is 23.9. The predicted molar refractivity (Wildman–Crippen MR) is 122 cm³/mol. The minimum absolute atomic E-state index is 0.00793. The van der Waals surface area contributed by atoms with Gasteiger partial charge in [0, 0.05) is 12.0 Å². The fraction of sp³-hybridized carbons (Fsp3) is 0.583. The van der Waals surface area contributed by atoms with Gasteiger partial charge in [0.15, 0.2) is 21.4 Å². The maximum absolute atomic E-state index is 14.1. The molecule has 0 aromatic heterocycles. The minimum atomic E-state index is -3.34. The number of urea groups is 1. The molecule has 0 radical (unpaired) electrons. The van der Waals surface area contributed by atoms with E-state index in [0.29, 0.717) is 18.9 Å². The molecule has 0 bridgehead atoms. The molecule has 33 heavy (non-hydrogen) atoms. The van der Waals surface area contributed by atoms with E-state index in [0.717, 1.165) is 31.2 Å². The number of carbonyl (C=O) groups excluding carboxylic acids is 2. The standard InChI is InChI=1S/C24H31FN2O5S/c1-23(2)21(28)26-22(29)27(23)12-4-3-5-13-33(30,31)16-24(10-11-24)18-8-9-19(25)20(14-18)32-15-17-6-7-17/h3-4,8-9,14,17H,5-7,10-13,15-16H2,1-2H3,(H,26,28,29)/b4-3+. The van der Waals surface area contributed by atoms with E-state index in [-0.39, 0.29) is 29.7 Å². The van der Waals surface area contributed by atoms with Gasteiger partial charge in [-0.15, -0.1) is 0 Å². The smallest absolute Gasteiger partial charge is 0.325 e. The molecule has 3 aliphatic rings. The summed E-state index contributed by atoms with van der Waals surface area (Å²) < 4.78 is 45.4.